The fourth-order valence-electron chi connectivity index (χ4n) is 2.32. The minimum absolute atomic E-state index is 0.0733. The number of ether oxygens (including phenoxy) is 1. The molecule has 1 aliphatic heterocycles. The van der Waals surface area contributed by atoms with Crippen molar-refractivity contribution in [3.8, 4) is 0 Å². The number of hydrogen-bond donors (Lipinski definition) is 3. The Morgan fingerprint density at radius 1 is 1.52 bits per heavy atom. The monoisotopic (exact) mass is 296 g/mol. The molecule has 0 aromatic carbocycles. The van der Waals surface area contributed by atoms with Crippen molar-refractivity contribution in [3.05, 3.63) is 18.0 Å². The number of aryl methyl sites for hydroxylation is 1. The van der Waals surface area contributed by atoms with Crippen LogP contribution in [0.15, 0.2) is 12.4 Å². The van der Waals surface area contributed by atoms with Gasteiger partial charge in [0.15, 0.2) is 6.04 Å². The predicted molar refractivity (Wildman–Crippen MR) is 73.6 cm³/mol. The fourth-order valence-corrected chi connectivity index (χ4v) is 2.32. The minimum atomic E-state index is -1.13. The van der Waals surface area contributed by atoms with Gasteiger partial charge in [0.2, 0.25) is 0 Å². The number of rotatable bonds is 5. The Labute approximate surface area is 122 Å². The van der Waals surface area contributed by atoms with E-state index in [1.807, 2.05) is 6.92 Å². The predicted octanol–water partition coefficient (Wildman–Crippen LogP) is 0.270. The normalized spacial score (nSPS) is 20.8. The van der Waals surface area contributed by atoms with Gasteiger partial charge < -0.3 is 20.5 Å². The van der Waals surface area contributed by atoms with E-state index in [1.54, 1.807) is 13.2 Å². The lowest BCUT2D eigenvalue weighted by Gasteiger charge is -2.21. The molecule has 1 aromatic rings. The minimum Gasteiger partial charge on any atom is -0.479 e. The third-order valence-corrected chi connectivity index (χ3v) is 3.61. The summed E-state index contributed by atoms with van der Waals surface area (Å²) in [6, 6.07) is -1.70. The van der Waals surface area contributed by atoms with Crippen molar-refractivity contribution in [2.45, 2.75) is 25.4 Å². The van der Waals surface area contributed by atoms with Crippen LogP contribution < -0.4 is 10.6 Å². The summed E-state index contributed by atoms with van der Waals surface area (Å²) in [5.74, 6) is -0.868. The van der Waals surface area contributed by atoms with Gasteiger partial charge in [0.25, 0.3) is 0 Å². The SMILES string of the molecule is CC(NC(=O)NC(C(=O)O)c1cnn(C)c1)C1CCOC1. The molecular weight excluding hydrogens is 276 g/mol. The van der Waals surface area contributed by atoms with Crippen molar-refractivity contribution in [1.29, 1.82) is 0 Å². The number of carboxylic acid groups (broad SMARTS) is 1. The third kappa shape index (κ3) is 3.94. The number of amides is 2. The van der Waals surface area contributed by atoms with Crippen molar-refractivity contribution in [3.63, 3.8) is 0 Å². The molecule has 0 aliphatic carbocycles. The molecule has 3 atom stereocenters. The molecular formula is C13H20N4O4. The summed E-state index contributed by atoms with van der Waals surface area (Å²) in [7, 11) is 1.69. The van der Waals surface area contributed by atoms with E-state index in [2.05, 4.69) is 15.7 Å². The van der Waals surface area contributed by atoms with Crippen LogP contribution in [0.1, 0.15) is 24.9 Å². The molecule has 3 unspecified atom stereocenters. The van der Waals surface area contributed by atoms with Gasteiger partial charge in [-0.25, -0.2) is 9.59 Å². The molecule has 1 fully saturated rings. The molecule has 8 nitrogen and oxygen atoms in total. The van der Waals surface area contributed by atoms with Crippen LogP contribution in [-0.2, 0) is 16.6 Å². The van der Waals surface area contributed by atoms with Gasteiger partial charge >= 0.3 is 12.0 Å². The number of aromatic nitrogens is 2. The van der Waals surface area contributed by atoms with Crippen molar-refractivity contribution in [2.75, 3.05) is 13.2 Å². The van der Waals surface area contributed by atoms with E-state index in [0.29, 0.717) is 18.8 Å². The highest BCUT2D eigenvalue weighted by molar-refractivity contribution is 5.83. The number of nitrogens with one attached hydrogen (secondary N) is 2. The second kappa shape index (κ2) is 6.57. The Balaban J connectivity index is 1.93. The van der Waals surface area contributed by atoms with Gasteiger partial charge in [0.05, 0.1) is 12.8 Å². The van der Waals surface area contributed by atoms with E-state index in [1.165, 1.54) is 10.9 Å². The number of hydrogen-bond acceptors (Lipinski definition) is 4. The van der Waals surface area contributed by atoms with Crippen LogP contribution in [0.3, 0.4) is 0 Å². The summed E-state index contributed by atoms with van der Waals surface area (Å²) in [5, 5.41) is 18.4. The first-order valence-electron chi connectivity index (χ1n) is 6.83. The Morgan fingerprint density at radius 3 is 2.81 bits per heavy atom. The zero-order chi connectivity index (χ0) is 15.4. The number of carbonyl (C=O) groups is 2. The summed E-state index contributed by atoms with van der Waals surface area (Å²) in [6.07, 6.45) is 3.88. The summed E-state index contributed by atoms with van der Waals surface area (Å²) in [5.41, 5.74) is 0.428. The highest BCUT2D eigenvalue weighted by atomic mass is 16.5. The highest BCUT2D eigenvalue weighted by Crippen LogP contribution is 2.16. The zero-order valence-electron chi connectivity index (χ0n) is 12.1. The first-order chi connectivity index (χ1) is 9.97. The molecule has 3 N–H and O–H groups in total. The van der Waals surface area contributed by atoms with Crippen LogP contribution in [0.5, 0.6) is 0 Å². The van der Waals surface area contributed by atoms with E-state index in [4.69, 9.17) is 4.74 Å². The van der Waals surface area contributed by atoms with Gasteiger partial charge in [-0.15, -0.1) is 0 Å². The number of aliphatic carboxylic acids is 1. The van der Waals surface area contributed by atoms with Crippen LogP contribution in [0.2, 0.25) is 0 Å². The second-order valence-electron chi connectivity index (χ2n) is 5.25. The lowest BCUT2D eigenvalue weighted by atomic mass is 10.0. The van der Waals surface area contributed by atoms with Crippen molar-refractivity contribution < 1.29 is 19.4 Å². The molecule has 0 saturated carbocycles. The quantitative estimate of drug-likeness (QED) is 0.723. The van der Waals surface area contributed by atoms with E-state index < -0.39 is 18.0 Å². The molecule has 1 aromatic heterocycles. The topological polar surface area (TPSA) is 105 Å². The fraction of sp³-hybridized carbons (Fsp3) is 0.615. The van der Waals surface area contributed by atoms with Gasteiger partial charge in [-0.3, -0.25) is 4.68 Å². The van der Waals surface area contributed by atoms with Gasteiger partial charge in [0.1, 0.15) is 0 Å². The highest BCUT2D eigenvalue weighted by Gasteiger charge is 2.27. The largest absolute Gasteiger partial charge is 0.479 e. The first kappa shape index (κ1) is 15.3. The van der Waals surface area contributed by atoms with Gasteiger partial charge in [-0.2, -0.15) is 5.10 Å². The molecule has 1 saturated heterocycles. The molecule has 2 heterocycles. The van der Waals surface area contributed by atoms with Crippen molar-refractivity contribution >= 4 is 12.0 Å². The van der Waals surface area contributed by atoms with Gasteiger partial charge in [-0.1, -0.05) is 0 Å². The molecule has 116 valence electrons. The Bertz CT molecular complexity index is 510. The molecule has 2 rings (SSSR count). The van der Waals surface area contributed by atoms with Crippen LogP contribution >= 0.6 is 0 Å². The van der Waals surface area contributed by atoms with Crippen LogP contribution in [0, 0.1) is 5.92 Å². The first-order valence-corrected chi connectivity index (χ1v) is 6.83. The third-order valence-electron chi connectivity index (χ3n) is 3.61. The number of carboxylic acids is 1. The zero-order valence-corrected chi connectivity index (χ0v) is 12.1. The van der Waals surface area contributed by atoms with Crippen molar-refractivity contribution in [1.82, 2.24) is 20.4 Å². The molecule has 1 aliphatic rings. The van der Waals surface area contributed by atoms with Crippen LogP contribution in [-0.4, -0.2) is 46.1 Å². The second-order valence-corrected chi connectivity index (χ2v) is 5.25. The van der Waals surface area contributed by atoms with E-state index >= 15 is 0 Å². The molecule has 8 heteroatoms. The lowest BCUT2D eigenvalue weighted by molar-refractivity contribution is -0.139. The van der Waals surface area contributed by atoms with Gasteiger partial charge in [-0.05, 0) is 13.3 Å². The average Bonchev–Trinajstić information content (AvgIpc) is 3.06. The summed E-state index contributed by atoms with van der Waals surface area (Å²) >= 11 is 0. The summed E-state index contributed by atoms with van der Waals surface area (Å²) in [4.78, 5) is 23.2. The molecule has 2 amide bonds. The molecule has 0 spiro atoms. The molecule has 0 radical (unpaired) electrons. The van der Waals surface area contributed by atoms with Crippen LogP contribution in [0.25, 0.3) is 0 Å². The summed E-state index contributed by atoms with van der Waals surface area (Å²) < 4.78 is 6.76. The lowest BCUT2D eigenvalue weighted by Crippen LogP contribution is -2.46. The van der Waals surface area contributed by atoms with E-state index in [9.17, 15) is 14.7 Å². The number of urea groups is 1. The summed E-state index contributed by atoms with van der Waals surface area (Å²) in [6.45, 7) is 3.21. The van der Waals surface area contributed by atoms with Gasteiger partial charge in [0, 0.05) is 37.4 Å². The molecule has 0 bridgehead atoms. The Hall–Kier alpha value is -2.09. The van der Waals surface area contributed by atoms with E-state index in [-0.39, 0.29) is 12.0 Å². The van der Waals surface area contributed by atoms with E-state index in [0.717, 1.165) is 6.42 Å². The standard InChI is InChI=1S/C13H20N4O4/c1-8(9-3-4-21-7-9)15-13(20)16-11(12(18)19)10-5-14-17(2)6-10/h5-6,8-9,11H,3-4,7H2,1-2H3,(H,18,19)(H2,15,16,20). The number of nitrogens with zero attached hydrogens (tertiary/aromatic N) is 2. The average molecular weight is 296 g/mol. The van der Waals surface area contributed by atoms with Crippen molar-refractivity contribution in [2.24, 2.45) is 13.0 Å². The molecule has 21 heavy (non-hydrogen) atoms. The maximum absolute atomic E-state index is 12.0. The smallest absolute Gasteiger partial charge is 0.331 e. The maximum Gasteiger partial charge on any atom is 0.331 e. The Morgan fingerprint density at radius 2 is 2.29 bits per heavy atom. The Kier molecular flexibility index (Phi) is 4.79. The van der Waals surface area contributed by atoms with Crippen LogP contribution in [0.4, 0.5) is 4.79 Å². The number of carbonyl (C=O) groups excluding carboxylic acids is 1. The maximum atomic E-state index is 12.0.